The van der Waals surface area contributed by atoms with Gasteiger partial charge < -0.3 is 14.6 Å². The molecule has 1 unspecified atom stereocenters. The number of carbonyl (C=O) groups is 2. The van der Waals surface area contributed by atoms with Crippen molar-refractivity contribution in [2.45, 2.75) is 26.7 Å². The first kappa shape index (κ1) is 19.0. The maximum absolute atomic E-state index is 13.0. The fraction of sp³-hybridized carbons (Fsp3) is 0.318. The number of nitrogens with zero attached hydrogens (tertiary/aromatic N) is 3. The molecule has 1 aromatic carbocycles. The highest BCUT2D eigenvalue weighted by Gasteiger charge is 2.30. The summed E-state index contributed by atoms with van der Waals surface area (Å²) in [6.07, 6.45) is 3.02. The van der Waals surface area contributed by atoms with Crippen LogP contribution in [0, 0.1) is 19.8 Å². The Kier molecular flexibility index (Phi) is 5.20. The Morgan fingerprint density at radius 2 is 1.93 bits per heavy atom. The van der Waals surface area contributed by atoms with Crippen LogP contribution < -0.4 is 5.32 Å². The predicted molar refractivity (Wildman–Crippen MR) is 109 cm³/mol. The summed E-state index contributed by atoms with van der Waals surface area (Å²) in [5.74, 6) is -0.207. The van der Waals surface area contributed by atoms with Gasteiger partial charge in [0.15, 0.2) is 5.76 Å². The molecule has 0 aliphatic carbocycles. The summed E-state index contributed by atoms with van der Waals surface area (Å²) in [4.78, 5) is 27.2. The van der Waals surface area contributed by atoms with E-state index in [4.69, 9.17) is 4.42 Å². The number of anilines is 1. The topological polar surface area (TPSA) is 80.4 Å². The van der Waals surface area contributed by atoms with Gasteiger partial charge in [-0.15, -0.1) is 0 Å². The summed E-state index contributed by atoms with van der Waals surface area (Å²) < 4.78 is 7.05. The molecule has 1 saturated heterocycles. The van der Waals surface area contributed by atoms with Gasteiger partial charge in [0.05, 0.1) is 34.9 Å². The minimum atomic E-state index is -0.262. The molecule has 1 N–H and O–H groups in total. The number of carbonyl (C=O) groups excluding carboxylic acids is 2. The average Bonchev–Trinajstić information content (AvgIpc) is 3.38. The van der Waals surface area contributed by atoms with Crippen LogP contribution in [-0.4, -0.2) is 39.6 Å². The molecule has 0 bridgehead atoms. The molecule has 3 aromatic rings. The zero-order chi connectivity index (χ0) is 20.4. The highest BCUT2D eigenvalue weighted by atomic mass is 16.3. The van der Waals surface area contributed by atoms with Crippen molar-refractivity contribution < 1.29 is 14.0 Å². The summed E-state index contributed by atoms with van der Waals surface area (Å²) >= 11 is 0. The van der Waals surface area contributed by atoms with Crippen molar-refractivity contribution in [3.8, 4) is 5.69 Å². The zero-order valence-corrected chi connectivity index (χ0v) is 16.6. The van der Waals surface area contributed by atoms with Gasteiger partial charge in [0, 0.05) is 13.1 Å². The van der Waals surface area contributed by atoms with Gasteiger partial charge in [-0.2, -0.15) is 5.10 Å². The number of furan rings is 1. The van der Waals surface area contributed by atoms with Crippen LogP contribution in [0.25, 0.3) is 5.69 Å². The van der Waals surface area contributed by atoms with Crippen LogP contribution in [0.15, 0.2) is 53.1 Å². The van der Waals surface area contributed by atoms with Crippen LogP contribution in [0.4, 0.5) is 5.69 Å². The summed E-state index contributed by atoms with van der Waals surface area (Å²) in [7, 11) is 0. The predicted octanol–water partition coefficient (Wildman–Crippen LogP) is 3.57. The Bertz CT molecular complexity index is 1010. The van der Waals surface area contributed by atoms with E-state index in [0.29, 0.717) is 18.8 Å². The standard InChI is InChI=1S/C22H24N4O3/c1-15-20(16(2)26(24-15)18-9-4-3-5-10-18)23-21(27)17-8-6-12-25(14-17)22(28)19-11-7-13-29-19/h3-5,7,9-11,13,17H,6,8,12,14H2,1-2H3,(H,23,27). The first-order valence-electron chi connectivity index (χ1n) is 9.80. The largest absolute Gasteiger partial charge is 0.459 e. The van der Waals surface area contributed by atoms with Crippen LogP contribution >= 0.6 is 0 Å². The first-order valence-corrected chi connectivity index (χ1v) is 9.80. The van der Waals surface area contributed by atoms with Crippen molar-refractivity contribution in [1.82, 2.24) is 14.7 Å². The quantitative estimate of drug-likeness (QED) is 0.736. The molecule has 150 valence electrons. The molecule has 2 amide bonds. The normalized spacial score (nSPS) is 16.6. The molecule has 7 nitrogen and oxygen atoms in total. The van der Waals surface area contributed by atoms with E-state index in [1.807, 2.05) is 48.9 Å². The van der Waals surface area contributed by atoms with E-state index in [9.17, 15) is 9.59 Å². The number of hydrogen-bond acceptors (Lipinski definition) is 4. The molecule has 2 aromatic heterocycles. The Morgan fingerprint density at radius 1 is 1.14 bits per heavy atom. The Labute approximate surface area is 169 Å². The van der Waals surface area contributed by atoms with Gasteiger partial charge in [-0.3, -0.25) is 9.59 Å². The fourth-order valence-electron chi connectivity index (χ4n) is 3.80. The van der Waals surface area contributed by atoms with E-state index < -0.39 is 0 Å². The van der Waals surface area contributed by atoms with Crippen LogP contribution in [0.2, 0.25) is 0 Å². The van der Waals surface area contributed by atoms with Gasteiger partial charge in [-0.1, -0.05) is 18.2 Å². The minimum absolute atomic E-state index is 0.0826. The highest BCUT2D eigenvalue weighted by molar-refractivity contribution is 5.95. The lowest BCUT2D eigenvalue weighted by molar-refractivity contribution is -0.121. The molecule has 1 fully saturated rings. The Balaban J connectivity index is 1.48. The average molecular weight is 392 g/mol. The summed E-state index contributed by atoms with van der Waals surface area (Å²) in [6.45, 7) is 4.84. The van der Waals surface area contributed by atoms with Crippen LogP contribution in [-0.2, 0) is 4.79 Å². The third kappa shape index (κ3) is 3.81. The molecular weight excluding hydrogens is 368 g/mol. The van der Waals surface area contributed by atoms with Crippen molar-refractivity contribution in [3.05, 3.63) is 65.9 Å². The third-order valence-electron chi connectivity index (χ3n) is 5.35. The maximum Gasteiger partial charge on any atom is 0.289 e. The van der Waals surface area contributed by atoms with Crippen molar-refractivity contribution >= 4 is 17.5 Å². The summed E-state index contributed by atoms with van der Waals surface area (Å²) in [6, 6.07) is 13.2. The van der Waals surface area contributed by atoms with Gasteiger partial charge in [-0.25, -0.2) is 4.68 Å². The summed E-state index contributed by atoms with van der Waals surface area (Å²) in [5, 5.41) is 7.63. The lowest BCUT2D eigenvalue weighted by Crippen LogP contribution is -2.43. The Morgan fingerprint density at radius 3 is 2.66 bits per heavy atom. The van der Waals surface area contributed by atoms with E-state index in [1.54, 1.807) is 17.0 Å². The van der Waals surface area contributed by atoms with Gasteiger partial charge >= 0.3 is 0 Å². The second-order valence-electron chi connectivity index (χ2n) is 7.35. The number of nitrogens with one attached hydrogen (secondary N) is 1. The smallest absolute Gasteiger partial charge is 0.289 e. The maximum atomic E-state index is 13.0. The molecule has 7 heteroatoms. The highest BCUT2D eigenvalue weighted by Crippen LogP contribution is 2.25. The van der Waals surface area contributed by atoms with Crippen molar-refractivity contribution in [2.75, 3.05) is 18.4 Å². The number of amides is 2. The first-order chi connectivity index (χ1) is 14.0. The molecule has 3 heterocycles. The number of aromatic nitrogens is 2. The van der Waals surface area contributed by atoms with E-state index in [2.05, 4.69) is 10.4 Å². The van der Waals surface area contributed by atoms with Crippen LogP contribution in [0.3, 0.4) is 0 Å². The number of likely N-dealkylation sites (tertiary alicyclic amines) is 1. The lowest BCUT2D eigenvalue weighted by atomic mass is 9.96. The van der Waals surface area contributed by atoms with Crippen molar-refractivity contribution in [3.63, 3.8) is 0 Å². The lowest BCUT2D eigenvalue weighted by Gasteiger charge is -2.31. The fourth-order valence-corrected chi connectivity index (χ4v) is 3.80. The molecule has 1 aliphatic rings. The van der Waals surface area contributed by atoms with E-state index in [-0.39, 0.29) is 17.7 Å². The Hall–Kier alpha value is -3.35. The van der Waals surface area contributed by atoms with E-state index >= 15 is 0 Å². The number of rotatable bonds is 4. The molecule has 0 radical (unpaired) electrons. The molecule has 0 spiro atoms. The van der Waals surface area contributed by atoms with Gasteiger partial charge in [0.2, 0.25) is 5.91 Å². The number of para-hydroxylation sites is 1. The van der Waals surface area contributed by atoms with E-state index in [1.165, 1.54) is 6.26 Å². The van der Waals surface area contributed by atoms with Crippen LogP contribution in [0.1, 0.15) is 34.8 Å². The van der Waals surface area contributed by atoms with Crippen LogP contribution in [0.5, 0.6) is 0 Å². The summed E-state index contributed by atoms with van der Waals surface area (Å²) in [5.41, 5.74) is 3.32. The van der Waals surface area contributed by atoms with Gasteiger partial charge in [0.1, 0.15) is 0 Å². The zero-order valence-electron chi connectivity index (χ0n) is 16.6. The second-order valence-corrected chi connectivity index (χ2v) is 7.35. The molecule has 0 saturated carbocycles. The van der Waals surface area contributed by atoms with Gasteiger partial charge in [0.25, 0.3) is 5.91 Å². The second kappa shape index (κ2) is 7.95. The number of piperidine rings is 1. The van der Waals surface area contributed by atoms with Crippen molar-refractivity contribution in [1.29, 1.82) is 0 Å². The molecule has 4 rings (SSSR count). The SMILES string of the molecule is Cc1nn(-c2ccccc2)c(C)c1NC(=O)C1CCCN(C(=O)c2ccco2)C1. The molecule has 1 atom stereocenters. The third-order valence-corrected chi connectivity index (χ3v) is 5.35. The van der Waals surface area contributed by atoms with E-state index in [0.717, 1.165) is 35.6 Å². The number of benzene rings is 1. The monoisotopic (exact) mass is 392 g/mol. The van der Waals surface area contributed by atoms with Crippen molar-refractivity contribution in [2.24, 2.45) is 5.92 Å². The minimum Gasteiger partial charge on any atom is -0.459 e. The number of aryl methyl sites for hydroxylation is 1. The number of hydrogen-bond donors (Lipinski definition) is 1. The molecule has 1 aliphatic heterocycles. The molecule has 29 heavy (non-hydrogen) atoms. The van der Waals surface area contributed by atoms with Gasteiger partial charge in [-0.05, 0) is 51.0 Å². The molecular formula is C22H24N4O3.